The van der Waals surface area contributed by atoms with E-state index in [0.717, 1.165) is 18.4 Å². The molecule has 0 fully saturated rings. The second-order valence-electron chi connectivity index (χ2n) is 6.89. The van der Waals surface area contributed by atoms with Gasteiger partial charge in [-0.2, -0.15) is 0 Å². The zero-order valence-corrected chi connectivity index (χ0v) is 16.9. The summed E-state index contributed by atoms with van der Waals surface area (Å²) in [5, 5.41) is 9.88. The van der Waals surface area contributed by atoms with E-state index in [0.29, 0.717) is 47.9 Å². The van der Waals surface area contributed by atoms with Crippen LogP contribution in [0.3, 0.4) is 0 Å². The van der Waals surface area contributed by atoms with Crippen molar-refractivity contribution in [2.75, 3.05) is 6.61 Å². The number of fused-ring (bicyclic) bond motifs is 1. The predicted molar refractivity (Wildman–Crippen MR) is 110 cm³/mol. The van der Waals surface area contributed by atoms with Crippen molar-refractivity contribution in [3.05, 3.63) is 61.5 Å². The summed E-state index contributed by atoms with van der Waals surface area (Å²) in [6, 6.07) is 7.42. The van der Waals surface area contributed by atoms with Crippen LogP contribution in [0.25, 0.3) is 11.2 Å². The van der Waals surface area contributed by atoms with Gasteiger partial charge in [0.15, 0.2) is 11.2 Å². The Labute approximate surface area is 167 Å². The van der Waals surface area contributed by atoms with E-state index in [-0.39, 0.29) is 17.9 Å². The first-order valence-corrected chi connectivity index (χ1v) is 9.90. The molecule has 0 amide bonds. The van der Waals surface area contributed by atoms with E-state index < -0.39 is 0 Å². The van der Waals surface area contributed by atoms with Gasteiger partial charge >= 0.3 is 5.69 Å². The molecule has 2 aromatic heterocycles. The minimum absolute atomic E-state index is 0.0316. The second kappa shape index (κ2) is 8.75. The molecule has 0 aliphatic rings. The number of nitrogens with zero attached hydrogens (tertiary/aromatic N) is 4. The Morgan fingerprint density at radius 2 is 1.82 bits per heavy atom. The average Bonchev–Trinajstić information content (AvgIpc) is 3.05. The number of hydrogen-bond donors (Lipinski definition) is 1. The zero-order chi connectivity index (χ0) is 20.3. The van der Waals surface area contributed by atoms with Crippen molar-refractivity contribution >= 4 is 22.8 Å². The molecule has 8 heteroatoms. The maximum Gasteiger partial charge on any atom is 0.332 e. The summed E-state index contributed by atoms with van der Waals surface area (Å²) in [4.78, 5) is 30.4. The first-order valence-electron chi connectivity index (χ1n) is 9.52. The van der Waals surface area contributed by atoms with Crippen molar-refractivity contribution in [1.82, 2.24) is 18.7 Å². The van der Waals surface area contributed by atoms with Gasteiger partial charge in [-0.05, 0) is 30.5 Å². The Morgan fingerprint density at radius 3 is 2.46 bits per heavy atom. The fourth-order valence-corrected chi connectivity index (χ4v) is 3.43. The minimum Gasteiger partial charge on any atom is -0.396 e. The van der Waals surface area contributed by atoms with Crippen LogP contribution in [0.2, 0.25) is 5.02 Å². The maximum atomic E-state index is 13.2. The molecule has 0 unspecified atom stereocenters. The number of aliphatic hydroxyl groups is 1. The van der Waals surface area contributed by atoms with Crippen LogP contribution in [0, 0.1) is 0 Å². The highest BCUT2D eigenvalue weighted by Gasteiger charge is 2.20. The smallest absolute Gasteiger partial charge is 0.332 e. The molecular formula is C20H25ClN4O3. The number of aliphatic hydroxyl groups excluding tert-OH is 1. The van der Waals surface area contributed by atoms with Crippen molar-refractivity contribution in [2.24, 2.45) is 7.05 Å². The number of benzene rings is 1. The number of hydrogen-bond acceptors (Lipinski definition) is 4. The molecule has 28 heavy (non-hydrogen) atoms. The number of halogens is 1. The summed E-state index contributed by atoms with van der Waals surface area (Å²) >= 11 is 5.98. The largest absolute Gasteiger partial charge is 0.396 e. The minimum atomic E-state index is -0.351. The molecule has 7 nitrogen and oxygen atoms in total. The van der Waals surface area contributed by atoms with Crippen molar-refractivity contribution < 1.29 is 5.11 Å². The SMILES string of the molecule is CCCCn1c(=O)c2c(nc(CCCO)n2Cc2ccc(Cl)cc2)n(C)c1=O. The summed E-state index contributed by atoms with van der Waals surface area (Å²) in [7, 11) is 1.64. The van der Waals surface area contributed by atoms with Crippen molar-refractivity contribution in [3.8, 4) is 0 Å². The Hall–Kier alpha value is -2.38. The van der Waals surface area contributed by atoms with Gasteiger partial charge in [0, 0.05) is 38.2 Å². The van der Waals surface area contributed by atoms with Crippen molar-refractivity contribution in [2.45, 2.75) is 45.7 Å². The third-order valence-corrected chi connectivity index (χ3v) is 5.11. The lowest BCUT2D eigenvalue weighted by Gasteiger charge is -2.11. The number of rotatable bonds is 8. The fraction of sp³-hybridized carbons (Fsp3) is 0.450. The average molecular weight is 405 g/mol. The topological polar surface area (TPSA) is 82.1 Å². The van der Waals surface area contributed by atoms with Crippen LogP contribution in [-0.4, -0.2) is 30.4 Å². The van der Waals surface area contributed by atoms with E-state index in [1.807, 2.05) is 23.6 Å². The predicted octanol–water partition coefficient (Wildman–Crippen LogP) is 2.32. The van der Waals surface area contributed by atoms with Crippen molar-refractivity contribution in [1.29, 1.82) is 0 Å². The van der Waals surface area contributed by atoms with Gasteiger partial charge in [0.25, 0.3) is 5.56 Å². The standard InChI is InChI=1S/C20H25ClN4O3/c1-3-4-11-24-19(27)17-18(23(2)20(24)28)22-16(6-5-12-26)25(17)13-14-7-9-15(21)10-8-14/h7-10,26H,3-6,11-13H2,1-2H3. The van der Waals surface area contributed by atoms with Gasteiger partial charge in [0.1, 0.15) is 5.82 Å². The molecule has 1 aromatic carbocycles. The lowest BCUT2D eigenvalue weighted by molar-refractivity contribution is 0.287. The molecule has 0 saturated carbocycles. The van der Waals surface area contributed by atoms with E-state index in [1.165, 1.54) is 9.13 Å². The molecule has 0 aliphatic carbocycles. The van der Waals surface area contributed by atoms with Gasteiger partial charge in [-0.15, -0.1) is 0 Å². The van der Waals surface area contributed by atoms with Crippen LogP contribution < -0.4 is 11.2 Å². The van der Waals surface area contributed by atoms with Crippen LogP contribution >= 0.6 is 11.6 Å². The highest BCUT2D eigenvalue weighted by molar-refractivity contribution is 6.30. The molecule has 3 aromatic rings. The van der Waals surface area contributed by atoms with Crippen LogP contribution in [-0.2, 0) is 26.6 Å². The van der Waals surface area contributed by atoms with Crippen LogP contribution in [0.4, 0.5) is 0 Å². The zero-order valence-electron chi connectivity index (χ0n) is 16.2. The fourth-order valence-electron chi connectivity index (χ4n) is 3.30. The van der Waals surface area contributed by atoms with Gasteiger partial charge in [0.2, 0.25) is 0 Å². The Balaban J connectivity index is 2.22. The molecule has 0 atom stereocenters. The summed E-state index contributed by atoms with van der Waals surface area (Å²) < 4.78 is 4.59. The molecule has 150 valence electrons. The van der Waals surface area contributed by atoms with Gasteiger partial charge in [0.05, 0.1) is 0 Å². The lowest BCUT2D eigenvalue weighted by Crippen LogP contribution is -2.39. The Morgan fingerprint density at radius 1 is 1.11 bits per heavy atom. The lowest BCUT2D eigenvalue weighted by atomic mass is 10.2. The van der Waals surface area contributed by atoms with E-state index >= 15 is 0 Å². The number of aromatic nitrogens is 4. The van der Waals surface area contributed by atoms with Crippen LogP contribution in [0.5, 0.6) is 0 Å². The number of aryl methyl sites for hydroxylation is 2. The second-order valence-corrected chi connectivity index (χ2v) is 7.33. The summed E-state index contributed by atoms with van der Waals surface area (Å²) in [5.74, 6) is 0.680. The first kappa shape index (κ1) is 20.4. The van der Waals surface area contributed by atoms with Gasteiger partial charge in [-0.1, -0.05) is 37.1 Å². The molecule has 0 bridgehead atoms. The molecule has 0 spiro atoms. The van der Waals surface area contributed by atoms with Crippen molar-refractivity contribution in [3.63, 3.8) is 0 Å². The molecule has 3 rings (SSSR count). The summed E-state index contributed by atoms with van der Waals surface area (Å²) in [5.41, 5.74) is 1.10. The van der Waals surface area contributed by atoms with Gasteiger partial charge in [-0.3, -0.25) is 13.9 Å². The highest BCUT2D eigenvalue weighted by Crippen LogP contribution is 2.17. The van der Waals surface area contributed by atoms with E-state index in [1.54, 1.807) is 19.2 Å². The Kier molecular flexibility index (Phi) is 6.36. The highest BCUT2D eigenvalue weighted by atomic mass is 35.5. The normalized spacial score (nSPS) is 11.4. The van der Waals surface area contributed by atoms with Crippen LogP contribution in [0.1, 0.15) is 37.6 Å². The van der Waals surface area contributed by atoms with E-state index in [4.69, 9.17) is 11.6 Å². The quantitative estimate of drug-likeness (QED) is 0.624. The molecule has 0 aliphatic heterocycles. The monoisotopic (exact) mass is 404 g/mol. The van der Waals surface area contributed by atoms with Gasteiger partial charge in [-0.25, -0.2) is 9.78 Å². The molecule has 0 saturated heterocycles. The third kappa shape index (κ3) is 3.91. The summed E-state index contributed by atoms with van der Waals surface area (Å²) in [6.07, 6.45) is 2.69. The Bertz CT molecular complexity index is 1080. The van der Waals surface area contributed by atoms with Gasteiger partial charge < -0.3 is 9.67 Å². The molecular weight excluding hydrogens is 380 g/mol. The molecule has 1 N–H and O–H groups in total. The molecule has 0 radical (unpaired) electrons. The van der Waals surface area contributed by atoms with E-state index in [9.17, 15) is 14.7 Å². The third-order valence-electron chi connectivity index (χ3n) is 4.86. The maximum absolute atomic E-state index is 13.2. The van der Waals surface area contributed by atoms with E-state index in [2.05, 4.69) is 4.98 Å². The molecule has 2 heterocycles. The number of unbranched alkanes of at least 4 members (excludes halogenated alkanes) is 1. The number of imidazole rings is 1. The van der Waals surface area contributed by atoms with Crippen LogP contribution in [0.15, 0.2) is 33.9 Å². The first-order chi connectivity index (χ1) is 13.5. The summed E-state index contributed by atoms with van der Waals surface area (Å²) in [6.45, 7) is 2.88.